The molecule has 2 atom stereocenters. The molecule has 2 amide bonds. The summed E-state index contributed by atoms with van der Waals surface area (Å²) in [5, 5.41) is 3.20. The molecule has 2 aliphatic heterocycles. The maximum Gasteiger partial charge on any atom is 0.227 e. The normalized spacial score (nSPS) is 22.9. The average molecular weight is 392 g/mol. The fourth-order valence-electron chi connectivity index (χ4n) is 4.53. The summed E-state index contributed by atoms with van der Waals surface area (Å²) in [5.41, 5.74) is 3.27. The Hall–Kier alpha value is -3.02. The predicted octanol–water partition coefficient (Wildman–Crippen LogP) is 3.00. The van der Waals surface area contributed by atoms with Crippen LogP contribution in [0.1, 0.15) is 36.4 Å². The second kappa shape index (κ2) is 7.43. The number of carbonyl (C=O) groups excluding carboxylic acids is 2. The third-order valence-electron chi connectivity index (χ3n) is 6.02. The highest BCUT2D eigenvalue weighted by Gasteiger charge is 2.36. The van der Waals surface area contributed by atoms with Gasteiger partial charge in [-0.2, -0.15) is 0 Å². The van der Waals surface area contributed by atoms with Gasteiger partial charge in [0, 0.05) is 24.7 Å². The van der Waals surface area contributed by atoms with Gasteiger partial charge in [-0.1, -0.05) is 24.3 Å². The quantitative estimate of drug-likeness (QED) is 0.872. The van der Waals surface area contributed by atoms with Crippen molar-refractivity contribution in [2.24, 2.45) is 5.92 Å². The van der Waals surface area contributed by atoms with Gasteiger partial charge in [0.2, 0.25) is 11.8 Å². The molecule has 1 saturated heterocycles. The lowest BCUT2D eigenvalue weighted by atomic mass is 9.87. The molecular weight excluding hydrogens is 368 g/mol. The predicted molar refractivity (Wildman–Crippen MR) is 108 cm³/mol. The molecule has 2 aromatic rings. The first-order chi connectivity index (χ1) is 14.2. The summed E-state index contributed by atoms with van der Waals surface area (Å²) in [4.78, 5) is 27.2. The monoisotopic (exact) mass is 392 g/mol. The van der Waals surface area contributed by atoms with Crippen LogP contribution in [0.2, 0.25) is 0 Å². The fraction of sp³-hybridized carbons (Fsp3) is 0.391. The van der Waals surface area contributed by atoms with Gasteiger partial charge in [0.05, 0.1) is 12.0 Å². The molecule has 5 rings (SSSR count). The second-order valence-corrected chi connectivity index (χ2v) is 7.89. The first kappa shape index (κ1) is 18.0. The Balaban J connectivity index is 1.29. The van der Waals surface area contributed by atoms with Gasteiger partial charge in [-0.15, -0.1) is 0 Å². The summed E-state index contributed by atoms with van der Waals surface area (Å²) in [6.45, 7) is 1.42. The number of benzene rings is 2. The summed E-state index contributed by atoms with van der Waals surface area (Å²) in [6.07, 6.45) is 3.29. The zero-order valence-electron chi connectivity index (χ0n) is 16.2. The van der Waals surface area contributed by atoms with E-state index in [1.165, 1.54) is 11.1 Å². The zero-order chi connectivity index (χ0) is 19.8. The molecule has 1 aliphatic carbocycles. The molecule has 0 aromatic heterocycles. The van der Waals surface area contributed by atoms with Crippen LogP contribution < -0.4 is 19.7 Å². The molecular formula is C23H24N2O4. The van der Waals surface area contributed by atoms with Crippen LogP contribution in [-0.4, -0.2) is 31.6 Å². The van der Waals surface area contributed by atoms with E-state index in [9.17, 15) is 9.59 Å². The summed E-state index contributed by atoms with van der Waals surface area (Å²) in [7, 11) is 0. The van der Waals surface area contributed by atoms with Crippen LogP contribution >= 0.6 is 0 Å². The Kier molecular flexibility index (Phi) is 4.62. The van der Waals surface area contributed by atoms with Crippen molar-refractivity contribution >= 4 is 17.5 Å². The van der Waals surface area contributed by atoms with Crippen molar-refractivity contribution in [3.05, 3.63) is 53.6 Å². The molecule has 0 saturated carbocycles. The Morgan fingerprint density at radius 2 is 1.90 bits per heavy atom. The van der Waals surface area contributed by atoms with Crippen LogP contribution in [-0.2, 0) is 16.0 Å². The highest BCUT2D eigenvalue weighted by atomic mass is 16.6. The smallest absolute Gasteiger partial charge is 0.227 e. The minimum Gasteiger partial charge on any atom is -0.486 e. The van der Waals surface area contributed by atoms with E-state index in [4.69, 9.17) is 9.47 Å². The number of aryl methyl sites for hydroxylation is 1. The molecule has 150 valence electrons. The number of amides is 2. The van der Waals surface area contributed by atoms with Crippen molar-refractivity contribution in [1.82, 2.24) is 5.32 Å². The lowest BCUT2D eigenvalue weighted by molar-refractivity contribution is -0.127. The van der Waals surface area contributed by atoms with Crippen molar-refractivity contribution in [1.29, 1.82) is 0 Å². The lowest BCUT2D eigenvalue weighted by Gasteiger charge is -2.27. The molecule has 29 heavy (non-hydrogen) atoms. The number of ether oxygens (including phenoxy) is 2. The third kappa shape index (κ3) is 3.43. The maximum absolute atomic E-state index is 12.9. The molecule has 1 fully saturated rings. The fourth-order valence-corrected chi connectivity index (χ4v) is 4.53. The molecule has 2 aromatic carbocycles. The lowest BCUT2D eigenvalue weighted by Crippen LogP contribution is -2.36. The number of nitrogens with one attached hydrogen (secondary N) is 1. The van der Waals surface area contributed by atoms with Crippen molar-refractivity contribution in [2.75, 3.05) is 24.7 Å². The van der Waals surface area contributed by atoms with Gasteiger partial charge in [-0.3, -0.25) is 9.59 Å². The minimum absolute atomic E-state index is 0.0332. The number of carbonyl (C=O) groups is 2. The van der Waals surface area contributed by atoms with Gasteiger partial charge < -0.3 is 19.7 Å². The van der Waals surface area contributed by atoms with Crippen LogP contribution in [0.25, 0.3) is 0 Å². The summed E-state index contributed by atoms with van der Waals surface area (Å²) >= 11 is 0. The highest BCUT2D eigenvalue weighted by molar-refractivity contribution is 6.00. The number of fused-ring (bicyclic) bond motifs is 2. The van der Waals surface area contributed by atoms with E-state index in [1.54, 1.807) is 4.90 Å². The number of nitrogens with zero attached hydrogens (tertiary/aromatic N) is 1. The maximum atomic E-state index is 12.9. The summed E-state index contributed by atoms with van der Waals surface area (Å²) in [6, 6.07) is 13.8. The van der Waals surface area contributed by atoms with E-state index in [0.717, 1.165) is 24.9 Å². The van der Waals surface area contributed by atoms with E-state index in [0.29, 0.717) is 31.3 Å². The minimum atomic E-state index is -0.343. The van der Waals surface area contributed by atoms with Crippen molar-refractivity contribution < 1.29 is 19.1 Å². The summed E-state index contributed by atoms with van der Waals surface area (Å²) in [5.74, 6) is 0.918. The van der Waals surface area contributed by atoms with Crippen LogP contribution in [0.3, 0.4) is 0 Å². The molecule has 0 bridgehead atoms. The number of anilines is 1. The molecule has 0 unspecified atom stereocenters. The standard InChI is InChI=1S/C23H24N2O4/c26-22-12-16(14-25(22)17-8-9-20-21(13-17)29-11-10-28-20)23(27)24-19-7-3-5-15-4-1-2-6-18(15)19/h1-2,4,6,8-9,13,16,19H,3,5,7,10-12,14H2,(H,24,27)/t16-,19-/m1/s1. The first-order valence-corrected chi connectivity index (χ1v) is 10.3. The summed E-state index contributed by atoms with van der Waals surface area (Å²) < 4.78 is 11.2. The van der Waals surface area contributed by atoms with E-state index in [-0.39, 0.29) is 30.2 Å². The Bertz CT molecular complexity index is 958. The molecule has 0 radical (unpaired) electrons. The number of rotatable bonds is 3. The highest BCUT2D eigenvalue weighted by Crippen LogP contribution is 2.36. The van der Waals surface area contributed by atoms with Gasteiger partial charge >= 0.3 is 0 Å². The molecule has 6 heteroatoms. The Labute approximate surface area is 169 Å². The number of hydrogen-bond acceptors (Lipinski definition) is 4. The van der Waals surface area contributed by atoms with Crippen LogP contribution in [0, 0.1) is 5.92 Å². The van der Waals surface area contributed by atoms with Gasteiger partial charge in [0.1, 0.15) is 13.2 Å². The van der Waals surface area contributed by atoms with E-state index < -0.39 is 0 Å². The average Bonchev–Trinajstić information content (AvgIpc) is 3.15. The van der Waals surface area contributed by atoms with Gasteiger partial charge in [-0.25, -0.2) is 0 Å². The SMILES string of the molecule is O=C(N[C@@H]1CCCc2ccccc21)[C@@H]1CC(=O)N(c2ccc3c(c2)OCCO3)C1. The second-order valence-electron chi connectivity index (χ2n) is 7.89. The Morgan fingerprint density at radius 1 is 1.07 bits per heavy atom. The van der Waals surface area contributed by atoms with Crippen molar-refractivity contribution in [3.63, 3.8) is 0 Å². The molecule has 3 aliphatic rings. The van der Waals surface area contributed by atoms with E-state index in [1.807, 2.05) is 30.3 Å². The molecule has 2 heterocycles. The third-order valence-corrected chi connectivity index (χ3v) is 6.02. The van der Waals surface area contributed by atoms with Gasteiger partial charge in [0.15, 0.2) is 11.5 Å². The van der Waals surface area contributed by atoms with Crippen LogP contribution in [0.5, 0.6) is 11.5 Å². The molecule has 0 spiro atoms. The topological polar surface area (TPSA) is 67.9 Å². The van der Waals surface area contributed by atoms with Crippen molar-refractivity contribution in [2.45, 2.75) is 31.7 Å². The van der Waals surface area contributed by atoms with Gasteiger partial charge in [-0.05, 0) is 42.5 Å². The Morgan fingerprint density at radius 3 is 2.79 bits per heavy atom. The number of hydrogen-bond donors (Lipinski definition) is 1. The van der Waals surface area contributed by atoms with E-state index in [2.05, 4.69) is 17.4 Å². The van der Waals surface area contributed by atoms with Crippen LogP contribution in [0.4, 0.5) is 5.69 Å². The van der Waals surface area contributed by atoms with E-state index >= 15 is 0 Å². The van der Waals surface area contributed by atoms with Crippen LogP contribution in [0.15, 0.2) is 42.5 Å². The van der Waals surface area contributed by atoms with Crippen molar-refractivity contribution in [3.8, 4) is 11.5 Å². The zero-order valence-corrected chi connectivity index (χ0v) is 16.2. The largest absolute Gasteiger partial charge is 0.486 e. The van der Waals surface area contributed by atoms with Gasteiger partial charge in [0.25, 0.3) is 0 Å². The molecule has 1 N–H and O–H groups in total. The first-order valence-electron chi connectivity index (χ1n) is 10.3. The molecule has 6 nitrogen and oxygen atoms in total.